The maximum Gasteiger partial charge on any atom is 0.243 e. The molecule has 16 heavy (non-hydrogen) atoms. The Balaban J connectivity index is 2.63. The second-order valence-electron chi connectivity index (χ2n) is 3.82. The molecule has 0 saturated carbocycles. The van der Waals surface area contributed by atoms with Crippen LogP contribution in [0.25, 0.3) is 5.65 Å². The van der Waals surface area contributed by atoms with E-state index < -0.39 is 0 Å². The lowest BCUT2D eigenvalue weighted by atomic mass is 10.1. The minimum Gasteiger partial charge on any atom is -0.477 e. The highest BCUT2D eigenvalue weighted by Gasteiger charge is 2.14. The molecule has 0 amide bonds. The van der Waals surface area contributed by atoms with Crippen LogP contribution in [0.2, 0.25) is 0 Å². The Kier molecular flexibility index (Phi) is 2.64. The van der Waals surface area contributed by atoms with Gasteiger partial charge in [0.2, 0.25) is 11.8 Å². The Hall–Kier alpha value is -1.85. The first kappa shape index (κ1) is 10.7. The zero-order valence-electron chi connectivity index (χ0n) is 9.64. The zero-order chi connectivity index (χ0) is 11.7. The summed E-state index contributed by atoms with van der Waals surface area (Å²) in [6.45, 7) is 6.65. The molecule has 0 fully saturated rings. The molecule has 6 nitrogen and oxygen atoms in total. The van der Waals surface area contributed by atoms with Crippen LogP contribution in [0, 0.1) is 0 Å². The molecule has 0 saturated heterocycles. The summed E-state index contributed by atoms with van der Waals surface area (Å²) in [5.41, 5.74) is 7.30. The summed E-state index contributed by atoms with van der Waals surface area (Å²) in [7, 11) is 0. The number of aromatic nitrogens is 4. The fraction of sp³-hybridized carbons (Fsp3) is 0.500. The van der Waals surface area contributed by atoms with Crippen molar-refractivity contribution >= 4 is 11.6 Å². The quantitative estimate of drug-likeness (QED) is 0.843. The Bertz CT molecular complexity index is 505. The predicted molar refractivity (Wildman–Crippen MR) is 60.5 cm³/mol. The van der Waals surface area contributed by atoms with Gasteiger partial charge >= 0.3 is 0 Å². The number of anilines is 1. The smallest absolute Gasteiger partial charge is 0.243 e. The van der Waals surface area contributed by atoms with Crippen LogP contribution in [0.15, 0.2) is 6.07 Å². The molecule has 6 heteroatoms. The van der Waals surface area contributed by atoms with E-state index in [9.17, 15) is 0 Å². The predicted octanol–water partition coefficient (Wildman–Crippen LogP) is 1.23. The molecule has 0 aliphatic rings. The van der Waals surface area contributed by atoms with Crippen LogP contribution in [-0.2, 0) is 0 Å². The SMILES string of the molecule is CCOc1nn2c(N)nnc2cc1C(C)C. The molecule has 2 rings (SSSR count). The van der Waals surface area contributed by atoms with Crippen LogP contribution < -0.4 is 10.5 Å². The van der Waals surface area contributed by atoms with E-state index in [2.05, 4.69) is 29.1 Å². The summed E-state index contributed by atoms with van der Waals surface area (Å²) in [5, 5.41) is 12.0. The molecule has 0 spiro atoms. The molecular formula is C10H15N5O. The molecular weight excluding hydrogens is 206 g/mol. The summed E-state index contributed by atoms with van der Waals surface area (Å²) in [6.07, 6.45) is 0. The van der Waals surface area contributed by atoms with Gasteiger partial charge < -0.3 is 10.5 Å². The minimum absolute atomic E-state index is 0.270. The number of fused-ring (bicyclic) bond motifs is 1. The second kappa shape index (κ2) is 3.96. The first-order chi connectivity index (χ1) is 7.63. The summed E-state index contributed by atoms with van der Waals surface area (Å²) in [6, 6.07) is 1.91. The van der Waals surface area contributed by atoms with E-state index in [1.165, 1.54) is 4.52 Å². The van der Waals surface area contributed by atoms with Gasteiger partial charge in [-0.3, -0.25) is 0 Å². The number of nitrogen functional groups attached to an aromatic ring is 1. The average molecular weight is 221 g/mol. The van der Waals surface area contributed by atoms with Crippen LogP contribution in [0.4, 0.5) is 5.95 Å². The summed E-state index contributed by atoms with van der Waals surface area (Å²) in [4.78, 5) is 0. The van der Waals surface area contributed by atoms with E-state index in [4.69, 9.17) is 10.5 Å². The van der Waals surface area contributed by atoms with Gasteiger partial charge in [0.25, 0.3) is 0 Å². The van der Waals surface area contributed by atoms with Gasteiger partial charge in [-0.1, -0.05) is 13.8 Å². The van der Waals surface area contributed by atoms with Crippen LogP contribution in [0.3, 0.4) is 0 Å². The van der Waals surface area contributed by atoms with Crippen LogP contribution >= 0.6 is 0 Å². The van der Waals surface area contributed by atoms with E-state index >= 15 is 0 Å². The van der Waals surface area contributed by atoms with Gasteiger partial charge in [0.1, 0.15) is 0 Å². The van der Waals surface area contributed by atoms with Crippen molar-refractivity contribution in [3.8, 4) is 5.88 Å². The molecule has 0 atom stereocenters. The average Bonchev–Trinajstić information content (AvgIpc) is 2.60. The monoisotopic (exact) mass is 221 g/mol. The fourth-order valence-corrected chi connectivity index (χ4v) is 1.51. The molecule has 0 bridgehead atoms. The van der Waals surface area contributed by atoms with Gasteiger partial charge in [0.05, 0.1) is 6.61 Å². The highest BCUT2D eigenvalue weighted by atomic mass is 16.5. The molecule has 2 N–H and O–H groups in total. The van der Waals surface area contributed by atoms with Crippen molar-refractivity contribution in [2.75, 3.05) is 12.3 Å². The van der Waals surface area contributed by atoms with Crippen LogP contribution in [0.1, 0.15) is 32.3 Å². The van der Waals surface area contributed by atoms with Gasteiger partial charge in [-0.25, -0.2) is 0 Å². The Morgan fingerprint density at radius 1 is 1.44 bits per heavy atom. The van der Waals surface area contributed by atoms with E-state index in [-0.39, 0.29) is 5.95 Å². The number of rotatable bonds is 3. The maximum absolute atomic E-state index is 5.64. The Morgan fingerprint density at radius 2 is 2.19 bits per heavy atom. The van der Waals surface area contributed by atoms with Crippen LogP contribution in [-0.4, -0.2) is 26.4 Å². The van der Waals surface area contributed by atoms with Gasteiger partial charge in [-0.15, -0.1) is 15.3 Å². The molecule has 0 aliphatic heterocycles. The van der Waals surface area contributed by atoms with Crippen molar-refractivity contribution in [3.05, 3.63) is 11.6 Å². The third-order valence-corrected chi connectivity index (χ3v) is 2.31. The van der Waals surface area contributed by atoms with Crippen molar-refractivity contribution in [1.29, 1.82) is 0 Å². The number of nitrogens with zero attached hydrogens (tertiary/aromatic N) is 4. The van der Waals surface area contributed by atoms with E-state index in [1.807, 2.05) is 13.0 Å². The molecule has 2 aromatic heterocycles. The number of hydrogen-bond acceptors (Lipinski definition) is 5. The van der Waals surface area contributed by atoms with Crippen LogP contribution in [0.5, 0.6) is 5.88 Å². The van der Waals surface area contributed by atoms with Crippen molar-refractivity contribution in [2.24, 2.45) is 0 Å². The molecule has 0 aromatic carbocycles. The zero-order valence-corrected chi connectivity index (χ0v) is 9.64. The molecule has 86 valence electrons. The number of nitrogens with two attached hydrogens (primary N) is 1. The number of hydrogen-bond donors (Lipinski definition) is 1. The first-order valence-corrected chi connectivity index (χ1v) is 5.28. The summed E-state index contributed by atoms with van der Waals surface area (Å²) >= 11 is 0. The van der Waals surface area contributed by atoms with Crippen molar-refractivity contribution in [1.82, 2.24) is 19.8 Å². The fourth-order valence-electron chi connectivity index (χ4n) is 1.51. The Morgan fingerprint density at radius 3 is 2.81 bits per heavy atom. The highest BCUT2D eigenvalue weighted by Crippen LogP contribution is 2.25. The van der Waals surface area contributed by atoms with Crippen molar-refractivity contribution in [2.45, 2.75) is 26.7 Å². The van der Waals surface area contributed by atoms with Gasteiger partial charge in [-0.2, -0.15) is 4.52 Å². The van der Waals surface area contributed by atoms with Crippen molar-refractivity contribution < 1.29 is 4.74 Å². The highest BCUT2D eigenvalue weighted by molar-refractivity contribution is 5.47. The molecule has 2 heterocycles. The van der Waals surface area contributed by atoms with Gasteiger partial charge in [0.15, 0.2) is 5.65 Å². The molecule has 0 radical (unpaired) electrons. The third-order valence-electron chi connectivity index (χ3n) is 2.31. The largest absolute Gasteiger partial charge is 0.477 e. The third kappa shape index (κ3) is 1.66. The lowest BCUT2D eigenvalue weighted by Gasteiger charge is -2.11. The van der Waals surface area contributed by atoms with Gasteiger partial charge in [0, 0.05) is 5.56 Å². The molecule has 0 aliphatic carbocycles. The second-order valence-corrected chi connectivity index (χ2v) is 3.82. The van der Waals surface area contributed by atoms with Crippen molar-refractivity contribution in [3.63, 3.8) is 0 Å². The molecule has 0 unspecified atom stereocenters. The van der Waals surface area contributed by atoms with E-state index in [1.54, 1.807) is 0 Å². The normalized spacial score (nSPS) is 11.2. The maximum atomic E-state index is 5.64. The molecule has 2 aromatic rings. The van der Waals surface area contributed by atoms with E-state index in [0.29, 0.717) is 24.1 Å². The lowest BCUT2D eigenvalue weighted by Crippen LogP contribution is -2.06. The first-order valence-electron chi connectivity index (χ1n) is 5.28. The van der Waals surface area contributed by atoms with E-state index in [0.717, 1.165) is 5.56 Å². The van der Waals surface area contributed by atoms with Gasteiger partial charge in [-0.05, 0) is 18.9 Å². The standard InChI is InChI=1S/C10H15N5O/c1-4-16-9-7(6(2)3)5-8-12-13-10(11)15(8)14-9/h5-6H,4H2,1-3H3,(H2,11,13). The summed E-state index contributed by atoms with van der Waals surface area (Å²) in [5.74, 6) is 1.18. The lowest BCUT2D eigenvalue weighted by molar-refractivity contribution is 0.316. The summed E-state index contributed by atoms with van der Waals surface area (Å²) < 4.78 is 6.97. The Labute approximate surface area is 93.4 Å². The number of ether oxygens (including phenoxy) is 1. The topological polar surface area (TPSA) is 78.3 Å². The minimum atomic E-state index is 0.270.